The van der Waals surface area contributed by atoms with E-state index in [0.717, 1.165) is 3.57 Å². The lowest BCUT2D eigenvalue weighted by Gasteiger charge is -2.36. The molecule has 100 valence electrons. The van der Waals surface area contributed by atoms with Gasteiger partial charge in [0.2, 0.25) is 0 Å². The van der Waals surface area contributed by atoms with Gasteiger partial charge in [-0.05, 0) is 58.9 Å². The highest BCUT2D eigenvalue weighted by Gasteiger charge is 2.39. The largest absolute Gasteiger partial charge is 0.543 e. The van der Waals surface area contributed by atoms with Crippen molar-refractivity contribution in [1.29, 1.82) is 0 Å². The Kier molecular flexibility index (Phi) is 4.48. The minimum atomic E-state index is -1.95. The molecule has 1 rings (SSSR count). The monoisotopic (exact) mass is 377 g/mol. The smallest absolute Gasteiger partial charge is 0.252 e. The number of carbonyl (C=O) groups excluding carboxylic acids is 1. The van der Waals surface area contributed by atoms with Gasteiger partial charge < -0.3 is 10.2 Å². The van der Waals surface area contributed by atoms with Crippen LogP contribution in [0.25, 0.3) is 0 Å². The lowest BCUT2D eigenvalue weighted by atomic mass is 10.2. The summed E-state index contributed by atoms with van der Waals surface area (Å²) in [5.74, 6) is 0.164. The second kappa shape index (κ2) is 5.20. The van der Waals surface area contributed by atoms with Gasteiger partial charge in [0.1, 0.15) is 5.75 Å². The second-order valence-electron chi connectivity index (χ2n) is 5.87. The van der Waals surface area contributed by atoms with Crippen molar-refractivity contribution in [3.8, 4) is 5.75 Å². The van der Waals surface area contributed by atoms with Gasteiger partial charge in [-0.25, -0.2) is 0 Å². The molecule has 0 aliphatic carbocycles. The van der Waals surface area contributed by atoms with Gasteiger partial charge in [0.05, 0.1) is 5.56 Å². The highest BCUT2D eigenvalue weighted by Crippen LogP contribution is 2.38. The molecule has 0 fully saturated rings. The molecule has 18 heavy (non-hydrogen) atoms. The average Bonchev–Trinajstić information content (AvgIpc) is 2.18. The Morgan fingerprint density at radius 2 is 1.89 bits per heavy atom. The molecule has 0 aromatic heterocycles. The first-order valence-corrected chi connectivity index (χ1v) is 9.82. The molecule has 0 radical (unpaired) electrons. The summed E-state index contributed by atoms with van der Waals surface area (Å²) in [6.07, 6.45) is 0. The van der Waals surface area contributed by atoms with E-state index < -0.39 is 14.2 Å². The number of nitrogens with two attached hydrogens (primary N) is 1. The molecule has 0 aliphatic heterocycles. The van der Waals surface area contributed by atoms with Crippen LogP contribution in [0.4, 0.5) is 0 Å². The van der Waals surface area contributed by atoms with Crippen LogP contribution in [-0.4, -0.2) is 14.2 Å². The van der Waals surface area contributed by atoms with E-state index in [9.17, 15) is 4.79 Å². The summed E-state index contributed by atoms with van der Waals surface area (Å²) in [6, 6.07) is 5.53. The zero-order valence-corrected chi connectivity index (χ0v) is 14.7. The summed E-state index contributed by atoms with van der Waals surface area (Å²) < 4.78 is 7.12. The predicted octanol–water partition coefficient (Wildman–Crippen LogP) is 3.77. The minimum absolute atomic E-state index is 0.0882. The van der Waals surface area contributed by atoms with E-state index in [1.807, 2.05) is 12.1 Å². The van der Waals surface area contributed by atoms with Gasteiger partial charge in [0.15, 0.2) is 0 Å². The van der Waals surface area contributed by atoms with E-state index in [2.05, 4.69) is 56.5 Å². The van der Waals surface area contributed by atoms with Crippen molar-refractivity contribution >= 4 is 36.8 Å². The van der Waals surface area contributed by atoms with Crippen molar-refractivity contribution in [3.05, 3.63) is 27.3 Å². The van der Waals surface area contributed by atoms with E-state index in [1.165, 1.54) is 0 Å². The average molecular weight is 377 g/mol. The van der Waals surface area contributed by atoms with Gasteiger partial charge in [-0.2, -0.15) is 0 Å². The number of carbonyl (C=O) groups is 1. The van der Waals surface area contributed by atoms with Crippen LogP contribution in [0.1, 0.15) is 31.1 Å². The summed E-state index contributed by atoms with van der Waals surface area (Å²) >= 11 is 2.16. The van der Waals surface area contributed by atoms with Crippen LogP contribution in [0.5, 0.6) is 5.75 Å². The van der Waals surface area contributed by atoms with E-state index >= 15 is 0 Å². The zero-order chi connectivity index (χ0) is 14.1. The fraction of sp³-hybridized carbons (Fsp3) is 0.462. The number of amides is 1. The molecule has 5 heteroatoms. The first-order valence-electron chi connectivity index (χ1n) is 5.83. The molecule has 0 atom stereocenters. The third-order valence-electron chi connectivity index (χ3n) is 3.38. The Labute approximate surface area is 123 Å². The summed E-state index contributed by atoms with van der Waals surface area (Å²) in [5.41, 5.74) is 5.87. The molecule has 0 bridgehead atoms. The van der Waals surface area contributed by atoms with Crippen LogP contribution in [-0.2, 0) is 0 Å². The fourth-order valence-electron chi connectivity index (χ4n) is 1.21. The van der Waals surface area contributed by atoms with E-state index in [-0.39, 0.29) is 5.04 Å². The Morgan fingerprint density at radius 1 is 1.33 bits per heavy atom. The maximum Gasteiger partial charge on any atom is 0.252 e. The van der Waals surface area contributed by atoms with Gasteiger partial charge in [0, 0.05) is 3.57 Å². The van der Waals surface area contributed by atoms with Crippen molar-refractivity contribution in [3.63, 3.8) is 0 Å². The van der Waals surface area contributed by atoms with Crippen LogP contribution >= 0.6 is 22.6 Å². The molecule has 1 amide bonds. The normalized spacial score (nSPS) is 12.3. The van der Waals surface area contributed by atoms with Crippen LogP contribution in [0.2, 0.25) is 18.1 Å². The first-order chi connectivity index (χ1) is 8.04. The SMILES string of the molecule is CC(C)(C)[Si](C)(C)Oc1ccc(I)cc1C(N)=O. The van der Waals surface area contributed by atoms with Gasteiger partial charge in [0.25, 0.3) is 14.2 Å². The number of benzene rings is 1. The quantitative estimate of drug-likeness (QED) is 0.644. The molecule has 0 unspecified atom stereocenters. The highest BCUT2D eigenvalue weighted by molar-refractivity contribution is 14.1. The van der Waals surface area contributed by atoms with Gasteiger partial charge in [-0.15, -0.1) is 0 Å². The van der Waals surface area contributed by atoms with Crippen LogP contribution in [0.3, 0.4) is 0 Å². The van der Waals surface area contributed by atoms with Crippen molar-refractivity contribution in [2.75, 3.05) is 0 Å². The fourth-order valence-corrected chi connectivity index (χ4v) is 2.74. The Balaban J connectivity index is 3.16. The van der Waals surface area contributed by atoms with Gasteiger partial charge >= 0.3 is 0 Å². The van der Waals surface area contributed by atoms with E-state index in [4.69, 9.17) is 10.2 Å². The van der Waals surface area contributed by atoms with Crippen LogP contribution in [0.15, 0.2) is 18.2 Å². The molecule has 3 nitrogen and oxygen atoms in total. The van der Waals surface area contributed by atoms with E-state index in [0.29, 0.717) is 11.3 Å². The number of rotatable bonds is 3. The highest BCUT2D eigenvalue weighted by atomic mass is 127. The van der Waals surface area contributed by atoms with Gasteiger partial charge in [-0.3, -0.25) is 4.79 Å². The number of hydrogen-bond donors (Lipinski definition) is 1. The molecule has 0 heterocycles. The van der Waals surface area contributed by atoms with Crippen molar-refractivity contribution < 1.29 is 9.22 Å². The Bertz CT molecular complexity index is 467. The standard InChI is InChI=1S/C13H20INO2Si/c1-13(2,3)18(4,5)17-11-7-6-9(14)8-10(11)12(15)16/h6-8H,1-5H3,(H2,15,16). The topological polar surface area (TPSA) is 52.3 Å². The van der Waals surface area contributed by atoms with Gasteiger partial charge in [-0.1, -0.05) is 20.8 Å². The first kappa shape index (κ1) is 15.5. The third kappa shape index (κ3) is 3.47. The Hall–Kier alpha value is -0.563. The second-order valence-corrected chi connectivity index (χ2v) is 11.8. The number of primary amides is 1. The van der Waals surface area contributed by atoms with Crippen LogP contribution < -0.4 is 10.2 Å². The lowest BCUT2D eigenvalue weighted by molar-refractivity contribution is 0.0998. The number of halogens is 1. The van der Waals surface area contributed by atoms with Crippen molar-refractivity contribution in [2.45, 2.75) is 38.9 Å². The predicted molar refractivity (Wildman–Crippen MR) is 85.5 cm³/mol. The lowest BCUT2D eigenvalue weighted by Crippen LogP contribution is -2.44. The Morgan fingerprint density at radius 3 is 2.33 bits per heavy atom. The summed E-state index contributed by atoms with van der Waals surface area (Å²) in [4.78, 5) is 11.5. The summed E-state index contributed by atoms with van der Waals surface area (Å²) in [7, 11) is -1.95. The van der Waals surface area contributed by atoms with Crippen molar-refractivity contribution in [1.82, 2.24) is 0 Å². The number of hydrogen-bond acceptors (Lipinski definition) is 2. The summed E-state index contributed by atoms with van der Waals surface area (Å²) in [6.45, 7) is 10.8. The zero-order valence-electron chi connectivity index (χ0n) is 11.5. The molecular weight excluding hydrogens is 357 g/mol. The third-order valence-corrected chi connectivity index (χ3v) is 8.39. The molecule has 0 aliphatic rings. The van der Waals surface area contributed by atoms with E-state index in [1.54, 1.807) is 6.07 Å². The minimum Gasteiger partial charge on any atom is -0.543 e. The molecule has 1 aromatic carbocycles. The summed E-state index contributed by atoms with van der Waals surface area (Å²) in [5, 5.41) is 0.0882. The maximum atomic E-state index is 11.5. The molecule has 1 aromatic rings. The molecule has 0 spiro atoms. The molecule has 2 N–H and O–H groups in total. The molecule has 0 saturated heterocycles. The molecule has 0 saturated carbocycles. The maximum absolute atomic E-state index is 11.5. The molecular formula is C13H20INO2Si. The van der Waals surface area contributed by atoms with Crippen LogP contribution in [0, 0.1) is 3.57 Å². The van der Waals surface area contributed by atoms with Crippen molar-refractivity contribution in [2.24, 2.45) is 5.73 Å².